The Morgan fingerprint density at radius 1 is 1.10 bits per heavy atom. The van der Waals surface area contributed by atoms with Crippen LogP contribution in [0.2, 0.25) is 0 Å². The van der Waals surface area contributed by atoms with E-state index in [0.29, 0.717) is 12.3 Å². The van der Waals surface area contributed by atoms with Crippen molar-refractivity contribution in [1.29, 1.82) is 0 Å². The van der Waals surface area contributed by atoms with E-state index in [-0.39, 0.29) is 0 Å². The Kier molecular flexibility index (Phi) is 3.21. The Morgan fingerprint density at radius 3 is 2.50 bits per heavy atom. The molecule has 0 spiro atoms. The highest BCUT2D eigenvalue weighted by atomic mass is 16.4. The molecule has 100 valence electrons. The molecule has 3 rings (SSSR count). The Hall–Kier alpha value is -2.62. The molecule has 1 N–H and O–H groups in total. The van der Waals surface area contributed by atoms with Crippen LogP contribution in [0, 0.1) is 0 Å². The monoisotopic (exact) mass is 266 g/mol. The van der Waals surface area contributed by atoms with Gasteiger partial charge in [0.2, 0.25) is 0 Å². The molecule has 1 atom stereocenters. The van der Waals surface area contributed by atoms with Gasteiger partial charge in [-0.2, -0.15) is 0 Å². The van der Waals surface area contributed by atoms with E-state index in [0.717, 1.165) is 23.1 Å². The number of para-hydroxylation sites is 1. The summed E-state index contributed by atoms with van der Waals surface area (Å²) in [6, 6.07) is 17.0. The molecule has 1 unspecified atom stereocenters. The third-order valence-corrected chi connectivity index (χ3v) is 3.54. The van der Waals surface area contributed by atoms with E-state index >= 15 is 0 Å². The van der Waals surface area contributed by atoms with Crippen LogP contribution in [0.25, 0.3) is 0 Å². The molecule has 0 saturated heterocycles. The number of carbonyl (C=O) groups is 1. The van der Waals surface area contributed by atoms with Crippen molar-refractivity contribution in [3.8, 4) is 0 Å². The molecule has 0 aliphatic carbocycles. The number of fused-ring (bicyclic) bond motifs is 1. The van der Waals surface area contributed by atoms with Crippen molar-refractivity contribution < 1.29 is 10.0 Å². The van der Waals surface area contributed by atoms with Crippen molar-refractivity contribution in [2.24, 2.45) is 5.16 Å². The van der Waals surface area contributed by atoms with E-state index in [2.05, 4.69) is 5.16 Å². The standard InChI is InChI=1S/C16H14N2O2/c19-11-15-16(17-20)13-8-4-5-9-14(13)18(15)10-12-6-2-1-3-7-12/h1-9,11,15,20H,10H2. The van der Waals surface area contributed by atoms with Gasteiger partial charge in [-0.05, 0) is 11.6 Å². The molecule has 0 aromatic heterocycles. The lowest BCUT2D eigenvalue weighted by Crippen LogP contribution is -2.36. The second-order valence-electron chi connectivity index (χ2n) is 4.70. The number of oxime groups is 1. The van der Waals surface area contributed by atoms with Gasteiger partial charge in [0.15, 0.2) is 0 Å². The molecule has 4 nitrogen and oxygen atoms in total. The molecule has 0 fully saturated rings. The zero-order valence-electron chi connectivity index (χ0n) is 10.8. The highest BCUT2D eigenvalue weighted by Gasteiger charge is 2.35. The van der Waals surface area contributed by atoms with Crippen molar-refractivity contribution in [1.82, 2.24) is 0 Å². The van der Waals surface area contributed by atoms with Gasteiger partial charge in [-0.3, -0.25) is 0 Å². The van der Waals surface area contributed by atoms with Crippen LogP contribution in [0.1, 0.15) is 11.1 Å². The Bertz CT molecular complexity index is 653. The average molecular weight is 266 g/mol. The SMILES string of the molecule is O=CC1C(=NO)c2ccccc2N1Cc1ccccc1. The molecular formula is C16H14N2O2. The van der Waals surface area contributed by atoms with E-state index in [1.165, 1.54) is 0 Å². The molecule has 2 aromatic rings. The normalized spacial score (nSPS) is 19.1. The van der Waals surface area contributed by atoms with Gasteiger partial charge in [-0.15, -0.1) is 0 Å². The lowest BCUT2D eigenvalue weighted by Gasteiger charge is -2.23. The van der Waals surface area contributed by atoms with Crippen LogP contribution >= 0.6 is 0 Å². The maximum absolute atomic E-state index is 11.4. The number of aldehydes is 1. The third kappa shape index (κ3) is 1.95. The van der Waals surface area contributed by atoms with Crippen LogP contribution in [0.3, 0.4) is 0 Å². The Morgan fingerprint density at radius 2 is 1.80 bits per heavy atom. The minimum Gasteiger partial charge on any atom is -0.411 e. The minimum atomic E-state index is -0.544. The van der Waals surface area contributed by atoms with Gasteiger partial charge in [0.1, 0.15) is 18.0 Å². The molecular weight excluding hydrogens is 252 g/mol. The second kappa shape index (κ2) is 5.17. The van der Waals surface area contributed by atoms with Gasteiger partial charge >= 0.3 is 0 Å². The largest absolute Gasteiger partial charge is 0.411 e. The van der Waals surface area contributed by atoms with Gasteiger partial charge in [-0.1, -0.05) is 53.7 Å². The lowest BCUT2D eigenvalue weighted by atomic mass is 10.1. The maximum atomic E-state index is 11.4. The smallest absolute Gasteiger partial charge is 0.148 e. The van der Waals surface area contributed by atoms with E-state index in [1.807, 2.05) is 59.5 Å². The molecule has 0 radical (unpaired) electrons. The fraction of sp³-hybridized carbons (Fsp3) is 0.125. The fourth-order valence-electron chi connectivity index (χ4n) is 2.61. The number of carbonyl (C=O) groups excluding carboxylic acids is 1. The van der Waals surface area contributed by atoms with Gasteiger partial charge < -0.3 is 14.9 Å². The van der Waals surface area contributed by atoms with E-state index < -0.39 is 6.04 Å². The van der Waals surface area contributed by atoms with Crippen LogP contribution in [-0.2, 0) is 11.3 Å². The number of benzene rings is 2. The number of anilines is 1. The van der Waals surface area contributed by atoms with Crippen molar-refractivity contribution in [3.63, 3.8) is 0 Å². The van der Waals surface area contributed by atoms with E-state index in [4.69, 9.17) is 0 Å². The third-order valence-electron chi connectivity index (χ3n) is 3.54. The van der Waals surface area contributed by atoms with Crippen molar-refractivity contribution in [2.75, 3.05) is 4.90 Å². The topological polar surface area (TPSA) is 52.9 Å². The molecule has 0 saturated carbocycles. The van der Waals surface area contributed by atoms with Crippen molar-refractivity contribution >= 4 is 17.7 Å². The first-order valence-electron chi connectivity index (χ1n) is 6.42. The van der Waals surface area contributed by atoms with Gasteiger partial charge in [0, 0.05) is 17.8 Å². The minimum absolute atomic E-state index is 0.409. The fourth-order valence-corrected chi connectivity index (χ4v) is 2.61. The summed E-state index contributed by atoms with van der Waals surface area (Å²) in [5, 5.41) is 12.5. The molecule has 1 aliphatic heterocycles. The maximum Gasteiger partial charge on any atom is 0.148 e. The summed E-state index contributed by atoms with van der Waals surface area (Å²) in [7, 11) is 0. The first kappa shape index (κ1) is 12.4. The quantitative estimate of drug-likeness (QED) is 0.527. The summed E-state index contributed by atoms with van der Waals surface area (Å²) >= 11 is 0. The summed E-state index contributed by atoms with van der Waals surface area (Å²) in [4.78, 5) is 13.4. The average Bonchev–Trinajstić information content (AvgIpc) is 2.81. The van der Waals surface area contributed by atoms with Crippen molar-refractivity contribution in [2.45, 2.75) is 12.6 Å². The summed E-state index contributed by atoms with van der Waals surface area (Å²) in [6.45, 7) is 0.597. The lowest BCUT2D eigenvalue weighted by molar-refractivity contribution is -0.107. The molecule has 1 aliphatic rings. The number of hydrogen-bond donors (Lipinski definition) is 1. The highest BCUT2D eigenvalue weighted by molar-refractivity contribution is 6.20. The van der Waals surface area contributed by atoms with Crippen LogP contribution in [-0.4, -0.2) is 23.2 Å². The predicted octanol–water partition coefficient (Wildman–Crippen LogP) is 2.45. The molecule has 0 amide bonds. The van der Waals surface area contributed by atoms with Crippen LogP contribution in [0.15, 0.2) is 59.8 Å². The zero-order chi connectivity index (χ0) is 13.9. The summed E-state index contributed by atoms with van der Waals surface area (Å²) in [5.74, 6) is 0. The van der Waals surface area contributed by atoms with Crippen molar-refractivity contribution in [3.05, 3.63) is 65.7 Å². The predicted molar refractivity (Wildman–Crippen MR) is 77.2 cm³/mol. The molecule has 0 bridgehead atoms. The Balaban J connectivity index is 2.03. The Labute approximate surface area is 117 Å². The van der Waals surface area contributed by atoms with Gasteiger partial charge in [-0.25, -0.2) is 0 Å². The van der Waals surface area contributed by atoms with Crippen LogP contribution in [0.4, 0.5) is 5.69 Å². The number of rotatable bonds is 3. The molecule has 1 heterocycles. The van der Waals surface area contributed by atoms with Gasteiger partial charge in [0.25, 0.3) is 0 Å². The van der Waals surface area contributed by atoms with Crippen LogP contribution in [0.5, 0.6) is 0 Å². The van der Waals surface area contributed by atoms with Gasteiger partial charge in [0.05, 0.1) is 0 Å². The van der Waals surface area contributed by atoms with Crippen LogP contribution < -0.4 is 4.90 Å². The molecule has 4 heteroatoms. The first-order chi connectivity index (χ1) is 9.85. The zero-order valence-corrected chi connectivity index (χ0v) is 10.8. The number of nitrogens with zero attached hydrogens (tertiary/aromatic N) is 2. The van der Waals surface area contributed by atoms with E-state index in [1.54, 1.807) is 0 Å². The number of hydrogen-bond acceptors (Lipinski definition) is 4. The molecule has 2 aromatic carbocycles. The summed E-state index contributed by atoms with van der Waals surface area (Å²) in [6.07, 6.45) is 0.817. The first-order valence-corrected chi connectivity index (χ1v) is 6.42. The summed E-state index contributed by atoms with van der Waals surface area (Å²) < 4.78 is 0. The van der Waals surface area contributed by atoms with E-state index in [9.17, 15) is 10.0 Å². The summed E-state index contributed by atoms with van der Waals surface area (Å²) in [5.41, 5.74) is 3.24. The highest BCUT2D eigenvalue weighted by Crippen LogP contribution is 2.33. The second-order valence-corrected chi connectivity index (χ2v) is 4.70. The molecule has 20 heavy (non-hydrogen) atoms.